The molecule has 1 saturated heterocycles. The molecule has 3 aliphatic heterocycles. The Kier molecular flexibility index (Phi) is 1.44. The van der Waals surface area contributed by atoms with Gasteiger partial charge in [-0.15, -0.1) is 0 Å². The number of allylic oxidation sites excluding steroid dienone is 1. The van der Waals surface area contributed by atoms with Crippen molar-refractivity contribution in [2.75, 3.05) is 0 Å². The number of ether oxygens (including phenoxy) is 1. The number of nitrogens with one attached hydrogen (secondary N) is 1. The van der Waals surface area contributed by atoms with E-state index in [1.807, 2.05) is 0 Å². The number of carboxylic acids is 1. The summed E-state index contributed by atoms with van der Waals surface area (Å²) in [5.41, 5.74) is -0.944. The first-order valence-electron chi connectivity index (χ1n) is 4.73. The topological polar surface area (TPSA) is 92.7 Å². The first kappa shape index (κ1) is 9.14. The Balaban J connectivity index is 2.09. The Morgan fingerprint density at radius 3 is 3.00 bits per heavy atom. The third kappa shape index (κ3) is 0.886. The van der Waals surface area contributed by atoms with Crippen LogP contribution in [0.3, 0.4) is 0 Å². The van der Waals surface area contributed by atoms with Crippen molar-refractivity contribution >= 4 is 17.8 Å². The lowest BCUT2D eigenvalue weighted by molar-refractivity contribution is -0.142. The minimum atomic E-state index is -1.20. The Hall–Kier alpha value is -2.11. The summed E-state index contributed by atoms with van der Waals surface area (Å²) < 4.78 is 5.38. The maximum absolute atomic E-state index is 11.6. The second-order valence-corrected chi connectivity index (χ2v) is 3.99. The summed E-state index contributed by atoms with van der Waals surface area (Å²) in [7, 11) is 0. The number of carbonyl (C=O) groups excluding carboxylic acids is 2. The highest BCUT2D eigenvalue weighted by Crippen LogP contribution is 2.50. The highest BCUT2D eigenvalue weighted by Gasteiger charge is 2.60. The van der Waals surface area contributed by atoms with Gasteiger partial charge in [-0.2, -0.15) is 0 Å². The lowest BCUT2D eigenvalue weighted by Crippen LogP contribution is -2.40. The van der Waals surface area contributed by atoms with Gasteiger partial charge in [-0.25, -0.2) is 0 Å². The van der Waals surface area contributed by atoms with E-state index in [9.17, 15) is 14.4 Å². The maximum atomic E-state index is 11.6. The van der Waals surface area contributed by atoms with Crippen molar-refractivity contribution in [3.05, 3.63) is 23.5 Å². The molecule has 0 aliphatic carbocycles. The number of imide groups is 1. The van der Waals surface area contributed by atoms with Crippen LogP contribution in [-0.4, -0.2) is 28.5 Å². The molecule has 2 amide bonds. The zero-order valence-corrected chi connectivity index (χ0v) is 8.02. The molecule has 6 heteroatoms. The van der Waals surface area contributed by atoms with Gasteiger partial charge in [-0.3, -0.25) is 19.7 Å². The normalized spacial score (nSPS) is 34.1. The van der Waals surface area contributed by atoms with E-state index in [1.54, 1.807) is 12.2 Å². The SMILES string of the molecule is O=C(O)CC12C=CC(=C3C(=O)NC(=O)C31)O2. The van der Waals surface area contributed by atoms with Crippen molar-refractivity contribution in [3.63, 3.8) is 0 Å². The minimum absolute atomic E-state index is 0.258. The van der Waals surface area contributed by atoms with Gasteiger partial charge in [0, 0.05) is 0 Å². The fourth-order valence-electron chi connectivity index (χ4n) is 2.46. The molecule has 3 heterocycles. The summed E-state index contributed by atoms with van der Waals surface area (Å²) in [4.78, 5) is 33.8. The van der Waals surface area contributed by atoms with Gasteiger partial charge in [-0.1, -0.05) is 0 Å². The third-order valence-electron chi connectivity index (χ3n) is 3.03. The van der Waals surface area contributed by atoms with Crippen molar-refractivity contribution in [2.24, 2.45) is 5.92 Å². The van der Waals surface area contributed by atoms with Gasteiger partial charge in [0.25, 0.3) is 5.91 Å². The Bertz CT molecular complexity index is 503. The monoisotopic (exact) mass is 221 g/mol. The number of aliphatic carboxylic acids is 1. The maximum Gasteiger partial charge on any atom is 0.307 e. The summed E-state index contributed by atoms with van der Waals surface area (Å²) in [6.07, 6.45) is 2.76. The molecule has 3 rings (SSSR count). The van der Waals surface area contributed by atoms with E-state index in [4.69, 9.17) is 9.84 Å². The van der Waals surface area contributed by atoms with Crippen LogP contribution >= 0.6 is 0 Å². The molecule has 1 fully saturated rings. The second kappa shape index (κ2) is 2.52. The number of carbonyl (C=O) groups is 3. The number of carboxylic acid groups (broad SMARTS) is 1. The van der Waals surface area contributed by atoms with Crippen LogP contribution in [0, 0.1) is 5.92 Å². The van der Waals surface area contributed by atoms with Crippen LogP contribution in [0.1, 0.15) is 6.42 Å². The van der Waals surface area contributed by atoms with Crippen LogP contribution in [0.15, 0.2) is 23.5 Å². The van der Waals surface area contributed by atoms with Crippen LogP contribution in [0.4, 0.5) is 0 Å². The zero-order valence-electron chi connectivity index (χ0n) is 8.02. The lowest BCUT2D eigenvalue weighted by Gasteiger charge is -2.25. The van der Waals surface area contributed by atoms with E-state index in [1.165, 1.54) is 0 Å². The molecule has 0 saturated carbocycles. The molecule has 6 nitrogen and oxygen atoms in total. The zero-order chi connectivity index (χ0) is 11.5. The van der Waals surface area contributed by atoms with Gasteiger partial charge in [0.05, 0.1) is 12.0 Å². The van der Waals surface area contributed by atoms with Crippen LogP contribution in [0.25, 0.3) is 0 Å². The average Bonchev–Trinajstić information content (AvgIpc) is 2.77. The lowest BCUT2D eigenvalue weighted by atomic mass is 9.80. The Labute approximate surface area is 89.6 Å². The fraction of sp³-hybridized carbons (Fsp3) is 0.300. The molecule has 3 aliphatic rings. The van der Waals surface area contributed by atoms with Gasteiger partial charge in [0.1, 0.15) is 11.7 Å². The number of fused-ring (bicyclic) bond motifs is 4. The molecule has 0 spiro atoms. The van der Waals surface area contributed by atoms with Crippen LogP contribution < -0.4 is 5.32 Å². The van der Waals surface area contributed by atoms with E-state index in [0.717, 1.165) is 0 Å². The van der Waals surface area contributed by atoms with Crippen molar-refractivity contribution < 1.29 is 24.2 Å². The van der Waals surface area contributed by atoms with Gasteiger partial charge >= 0.3 is 5.97 Å². The van der Waals surface area contributed by atoms with Crippen molar-refractivity contribution in [3.8, 4) is 0 Å². The molecular weight excluding hydrogens is 214 g/mol. The van der Waals surface area contributed by atoms with E-state index >= 15 is 0 Å². The molecule has 16 heavy (non-hydrogen) atoms. The largest absolute Gasteiger partial charge is 0.481 e. The van der Waals surface area contributed by atoms with Crippen molar-refractivity contribution in [1.82, 2.24) is 5.32 Å². The average molecular weight is 221 g/mol. The number of rotatable bonds is 2. The van der Waals surface area contributed by atoms with Crippen LogP contribution in [0.5, 0.6) is 0 Å². The highest BCUT2D eigenvalue weighted by molar-refractivity contribution is 6.17. The first-order chi connectivity index (χ1) is 7.53. The number of amides is 2. The summed E-state index contributed by atoms with van der Waals surface area (Å²) in [5.74, 6) is -2.53. The van der Waals surface area contributed by atoms with Crippen LogP contribution in [-0.2, 0) is 19.1 Å². The second-order valence-electron chi connectivity index (χ2n) is 3.99. The van der Waals surface area contributed by atoms with Crippen molar-refractivity contribution in [2.45, 2.75) is 12.0 Å². The molecular formula is C10H7NO5. The number of hydrogen-bond acceptors (Lipinski definition) is 4. The third-order valence-corrected chi connectivity index (χ3v) is 3.03. The van der Waals surface area contributed by atoms with Gasteiger partial charge in [0.15, 0.2) is 5.60 Å². The molecule has 0 aromatic heterocycles. The molecule has 2 N–H and O–H groups in total. The predicted octanol–water partition coefficient (Wildman–Crippen LogP) is -0.673. The molecule has 2 bridgehead atoms. The molecule has 0 radical (unpaired) electrons. The summed E-state index contributed by atoms with van der Waals surface area (Å²) in [6.45, 7) is 0. The van der Waals surface area contributed by atoms with Crippen LogP contribution in [0.2, 0.25) is 0 Å². The summed E-state index contributed by atoms with van der Waals surface area (Å²) in [6, 6.07) is 0. The van der Waals surface area contributed by atoms with Gasteiger partial charge in [-0.05, 0) is 12.2 Å². The smallest absolute Gasteiger partial charge is 0.307 e. The number of hydrogen-bond donors (Lipinski definition) is 2. The van der Waals surface area contributed by atoms with E-state index in [-0.39, 0.29) is 12.0 Å². The van der Waals surface area contributed by atoms with Crippen molar-refractivity contribution in [1.29, 1.82) is 0 Å². The predicted molar refractivity (Wildman–Crippen MR) is 48.9 cm³/mol. The fourth-order valence-corrected chi connectivity index (χ4v) is 2.46. The van der Waals surface area contributed by atoms with E-state index < -0.39 is 29.3 Å². The van der Waals surface area contributed by atoms with E-state index in [2.05, 4.69) is 5.32 Å². The Morgan fingerprint density at radius 1 is 1.56 bits per heavy atom. The molecule has 82 valence electrons. The standard InChI is InChI=1S/C10H7NO5/c12-5(13)3-10-2-1-4(16-10)6-7(10)9(15)11-8(6)14/h1-2,7H,3H2,(H,12,13)(H,11,14,15). The molecule has 2 atom stereocenters. The minimum Gasteiger partial charge on any atom is -0.481 e. The highest BCUT2D eigenvalue weighted by atomic mass is 16.5. The molecule has 2 unspecified atom stereocenters. The first-order valence-corrected chi connectivity index (χ1v) is 4.73. The quantitative estimate of drug-likeness (QED) is 0.603. The summed E-state index contributed by atoms with van der Waals surface area (Å²) >= 11 is 0. The van der Waals surface area contributed by atoms with E-state index in [0.29, 0.717) is 5.76 Å². The van der Waals surface area contributed by atoms with Gasteiger partial charge in [0.2, 0.25) is 5.91 Å². The Morgan fingerprint density at radius 2 is 2.31 bits per heavy atom. The molecule has 0 aromatic carbocycles. The molecule has 0 aromatic rings. The summed E-state index contributed by atoms with van der Waals surface area (Å²) in [5, 5.41) is 11.0. The van der Waals surface area contributed by atoms with Gasteiger partial charge < -0.3 is 9.84 Å².